The first-order valence-electron chi connectivity index (χ1n) is 4.37. The molecule has 0 saturated carbocycles. The predicted octanol–water partition coefficient (Wildman–Crippen LogP) is -0.199. The van der Waals surface area contributed by atoms with Gasteiger partial charge in [0.05, 0.1) is 17.7 Å². The quantitative estimate of drug-likeness (QED) is 0.623. The molecule has 2 unspecified atom stereocenters. The molecule has 0 aromatic heterocycles. The molecule has 2 atom stereocenters. The van der Waals surface area contributed by atoms with Crippen molar-refractivity contribution < 1.29 is 5.11 Å². The van der Waals surface area contributed by atoms with Crippen LogP contribution in [-0.4, -0.2) is 48.8 Å². The Kier molecular flexibility index (Phi) is 4.92. The number of hydrogen-bond acceptors (Lipinski definition) is 4. The van der Waals surface area contributed by atoms with Crippen LogP contribution >= 0.6 is 0 Å². The summed E-state index contributed by atoms with van der Waals surface area (Å²) >= 11 is 0. The van der Waals surface area contributed by atoms with Crippen molar-refractivity contribution in [2.24, 2.45) is 0 Å². The number of aliphatic hydroxyl groups is 1. The largest absolute Gasteiger partial charge is 0.388 e. The van der Waals surface area contributed by atoms with Crippen LogP contribution in [0.15, 0.2) is 0 Å². The number of nitrogens with zero attached hydrogens (tertiary/aromatic N) is 2. The fourth-order valence-electron chi connectivity index (χ4n) is 1.16. The highest BCUT2D eigenvalue weighted by atomic mass is 16.3. The van der Waals surface area contributed by atoms with Crippen molar-refractivity contribution in [3.8, 4) is 6.07 Å². The van der Waals surface area contributed by atoms with Gasteiger partial charge < -0.3 is 10.0 Å². The third-order valence-corrected chi connectivity index (χ3v) is 1.64. The summed E-state index contributed by atoms with van der Waals surface area (Å²) in [5.41, 5.74) is -0.783. The maximum absolute atomic E-state index is 9.82. The minimum absolute atomic E-state index is 0.214. The van der Waals surface area contributed by atoms with E-state index in [-0.39, 0.29) is 6.04 Å². The summed E-state index contributed by atoms with van der Waals surface area (Å²) in [6.45, 7) is 4.54. The van der Waals surface area contributed by atoms with Crippen molar-refractivity contribution >= 4 is 0 Å². The highest BCUT2D eigenvalue weighted by molar-refractivity contribution is 4.88. The molecule has 4 heteroatoms. The summed E-state index contributed by atoms with van der Waals surface area (Å²) in [7, 11) is 3.81. The lowest BCUT2D eigenvalue weighted by molar-refractivity contribution is 0.0330. The van der Waals surface area contributed by atoms with Crippen molar-refractivity contribution in [2.45, 2.75) is 25.5 Å². The first-order chi connectivity index (χ1) is 5.87. The highest BCUT2D eigenvalue weighted by Gasteiger charge is 2.21. The van der Waals surface area contributed by atoms with Crippen LogP contribution in [0.4, 0.5) is 0 Å². The van der Waals surface area contributed by atoms with Gasteiger partial charge in [-0.1, -0.05) is 0 Å². The number of likely N-dealkylation sites (N-methyl/N-ethyl adjacent to an activating group) is 1. The molecule has 0 saturated heterocycles. The lowest BCUT2D eigenvalue weighted by atomic mass is 10.1. The summed E-state index contributed by atoms with van der Waals surface area (Å²) < 4.78 is 0. The molecular weight excluding hydrogens is 166 g/mol. The monoisotopic (exact) mass is 185 g/mol. The zero-order valence-electron chi connectivity index (χ0n) is 8.83. The van der Waals surface area contributed by atoms with Gasteiger partial charge >= 0.3 is 0 Å². The Morgan fingerprint density at radius 3 is 2.54 bits per heavy atom. The Bertz CT molecular complexity index is 184. The summed E-state index contributed by atoms with van der Waals surface area (Å²) in [6, 6.07) is 1.84. The van der Waals surface area contributed by atoms with Gasteiger partial charge in [0.1, 0.15) is 0 Å². The second-order valence-corrected chi connectivity index (χ2v) is 3.97. The third kappa shape index (κ3) is 6.52. The molecule has 0 aliphatic carbocycles. The van der Waals surface area contributed by atoms with E-state index in [0.717, 1.165) is 0 Å². The molecule has 0 aliphatic heterocycles. The molecule has 0 amide bonds. The molecule has 2 N–H and O–H groups in total. The van der Waals surface area contributed by atoms with E-state index in [4.69, 9.17) is 5.26 Å². The lowest BCUT2D eigenvalue weighted by Gasteiger charge is -2.27. The number of nitrogens with one attached hydrogen (secondary N) is 1. The molecule has 0 heterocycles. The zero-order chi connectivity index (χ0) is 10.5. The van der Waals surface area contributed by atoms with Gasteiger partial charge in [0, 0.05) is 13.1 Å². The van der Waals surface area contributed by atoms with E-state index in [0.29, 0.717) is 13.1 Å². The van der Waals surface area contributed by atoms with Gasteiger partial charge in [0.25, 0.3) is 0 Å². The normalized spacial score (nSPS) is 17.9. The van der Waals surface area contributed by atoms with E-state index in [9.17, 15) is 5.11 Å². The van der Waals surface area contributed by atoms with E-state index >= 15 is 0 Å². The lowest BCUT2D eigenvalue weighted by Crippen LogP contribution is -2.47. The van der Waals surface area contributed by atoms with Gasteiger partial charge in [-0.15, -0.1) is 0 Å². The Morgan fingerprint density at radius 1 is 1.62 bits per heavy atom. The van der Waals surface area contributed by atoms with Crippen LogP contribution in [0.2, 0.25) is 0 Å². The molecule has 13 heavy (non-hydrogen) atoms. The average Bonchev–Trinajstić information content (AvgIpc) is 1.98. The van der Waals surface area contributed by atoms with Gasteiger partial charge in [-0.05, 0) is 27.9 Å². The summed E-state index contributed by atoms with van der Waals surface area (Å²) in [4.78, 5) is 1.92. The number of hydrogen-bond donors (Lipinski definition) is 2. The summed E-state index contributed by atoms with van der Waals surface area (Å²) in [6.07, 6.45) is 0. The predicted molar refractivity (Wildman–Crippen MR) is 52.3 cm³/mol. The average molecular weight is 185 g/mol. The van der Waals surface area contributed by atoms with E-state index < -0.39 is 5.60 Å². The molecule has 4 nitrogen and oxygen atoms in total. The molecule has 0 rings (SSSR count). The number of nitriles is 1. The number of rotatable bonds is 5. The van der Waals surface area contributed by atoms with Crippen molar-refractivity contribution in [3.63, 3.8) is 0 Å². The Hall–Kier alpha value is -0.630. The van der Waals surface area contributed by atoms with Crippen molar-refractivity contribution in [1.29, 1.82) is 5.26 Å². The van der Waals surface area contributed by atoms with Crippen LogP contribution < -0.4 is 5.32 Å². The van der Waals surface area contributed by atoms with Crippen LogP contribution in [0.25, 0.3) is 0 Å². The summed E-state index contributed by atoms with van der Waals surface area (Å²) in [5.74, 6) is 0. The Morgan fingerprint density at radius 2 is 2.15 bits per heavy atom. The van der Waals surface area contributed by atoms with Gasteiger partial charge in [0.15, 0.2) is 0 Å². The first kappa shape index (κ1) is 12.4. The van der Waals surface area contributed by atoms with Crippen LogP contribution in [0.5, 0.6) is 0 Å². The molecule has 0 spiro atoms. The van der Waals surface area contributed by atoms with Crippen LogP contribution in [0, 0.1) is 11.3 Å². The van der Waals surface area contributed by atoms with E-state index in [1.54, 1.807) is 13.8 Å². The van der Waals surface area contributed by atoms with Crippen molar-refractivity contribution in [2.75, 3.05) is 27.2 Å². The molecule has 0 aromatic rings. The Labute approximate surface area is 80.2 Å². The molecule has 0 fully saturated rings. The molecule has 0 bridgehead atoms. The summed E-state index contributed by atoms with van der Waals surface area (Å²) in [5, 5.41) is 21.3. The first-order valence-corrected chi connectivity index (χ1v) is 4.37. The van der Waals surface area contributed by atoms with Gasteiger partial charge in [0.2, 0.25) is 0 Å². The van der Waals surface area contributed by atoms with E-state index in [1.807, 2.05) is 19.0 Å². The van der Waals surface area contributed by atoms with Crippen LogP contribution in [-0.2, 0) is 0 Å². The topological polar surface area (TPSA) is 59.3 Å². The van der Waals surface area contributed by atoms with Crippen LogP contribution in [0.3, 0.4) is 0 Å². The minimum atomic E-state index is -0.783. The van der Waals surface area contributed by atoms with Gasteiger partial charge in [-0.25, -0.2) is 0 Å². The standard InChI is InChI=1S/C9H19N3O/c1-8(5-10)11-6-9(2,13)7-12(3)4/h8,11,13H,6-7H2,1-4H3. The maximum Gasteiger partial charge on any atom is 0.0925 e. The second kappa shape index (κ2) is 5.18. The maximum atomic E-state index is 9.82. The fourth-order valence-corrected chi connectivity index (χ4v) is 1.16. The fraction of sp³-hybridized carbons (Fsp3) is 0.889. The van der Waals surface area contributed by atoms with Gasteiger partial charge in [-0.3, -0.25) is 5.32 Å². The molecule has 0 radical (unpaired) electrons. The third-order valence-electron chi connectivity index (χ3n) is 1.64. The van der Waals surface area contributed by atoms with Crippen LogP contribution in [0.1, 0.15) is 13.8 Å². The molecule has 76 valence electrons. The second-order valence-electron chi connectivity index (χ2n) is 3.97. The smallest absolute Gasteiger partial charge is 0.0925 e. The molecule has 0 aromatic carbocycles. The van der Waals surface area contributed by atoms with Gasteiger partial charge in [-0.2, -0.15) is 5.26 Å². The van der Waals surface area contributed by atoms with Crippen molar-refractivity contribution in [3.05, 3.63) is 0 Å². The molecule has 0 aliphatic rings. The van der Waals surface area contributed by atoms with Crippen molar-refractivity contribution in [1.82, 2.24) is 10.2 Å². The van der Waals surface area contributed by atoms with E-state index in [1.165, 1.54) is 0 Å². The Balaban J connectivity index is 3.83. The van der Waals surface area contributed by atoms with E-state index in [2.05, 4.69) is 11.4 Å². The highest BCUT2D eigenvalue weighted by Crippen LogP contribution is 2.02. The minimum Gasteiger partial charge on any atom is -0.388 e. The zero-order valence-corrected chi connectivity index (χ0v) is 8.83. The molecular formula is C9H19N3O. The SMILES string of the molecule is CC(C#N)NCC(C)(O)CN(C)C.